The lowest BCUT2D eigenvalue weighted by atomic mass is 10.4. The van der Waals surface area contributed by atoms with Gasteiger partial charge in [-0.2, -0.15) is 0 Å². The Kier molecular flexibility index (Phi) is 1.90. The first kappa shape index (κ1) is 8.75. The number of nitrogen functional groups attached to an aromatic ring is 1. The van der Waals surface area contributed by atoms with Crippen molar-refractivity contribution < 1.29 is 0 Å². The number of hydrogen-bond donors (Lipinski definition) is 1. The van der Waals surface area contributed by atoms with Crippen LogP contribution in [0.5, 0.6) is 0 Å². The van der Waals surface area contributed by atoms with E-state index in [0.29, 0.717) is 5.13 Å². The molecule has 3 rings (SSSR count). The van der Waals surface area contributed by atoms with Crippen LogP contribution >= 0.6 is 22.7 Å². The number of rotatable bonds is 1. The van der Waals surface area contributed by atoms with Gasteiger partial charge in [-0.1, -0.05) is 11.3 Å². The molecule has 2 N–H and O–H groups in total. The summed E-state index contributed by atoms with van der Waals surface area (Å²) in [5, 5.41) is 3.35. The molecule has 74 valence electrons. The topological polar surface area (TPSA) is 64.7 Å². The maximum atomic E-state index is 5.58. The fraction of sp³-hybridized carbons (Fsp3) is 0. The third-order valence-corrected chi connectivity index (χ3v) is 3.58. The van der Waals surface area contributed by atoms with Gasteiger partial charge in [0.15, 0.2) is 5.13 Å². The minimum atomic E-state index is 0.567. The Morgan fingerprint density at radius 3 is 2.93 bits per heavy atom. The highest BCUT2D eigenvalue weighted by molar-refractivity contribution is 7.21. The van der Waals surface area contributed by atoms with E-state index in [1.165, 1.54) is 22.7 Å². The lowest BCUT2D eigenvalue weighted by molar-refractivity contribution is 1.36. The number of hydrogen-bond acceptors (Lipinski definition) is 6. The summed E-state index contributed by atoms with van der Waals surface area (Å²) in [6.07, 6.45) is 1.76. The molecule has 0 spiro atoms. The normalized spacial score (nSPS) is 10.9. The summed E-state index contributed by atoms with van der Waals surface area (Å²) < 4.78 is 0. The van der Waals surface area contributed by atoms with Crippen LogP contribution in [0, 0.1) is 0 Å². The van der Waals surface area contributed by atoms with Gasteiger partial charge in [0.2, 0.25) is 0 Å². The molecular weight excluding hydrogens is 228 g/mol. The number of pyridine rings is 1. The molecule has 6 heteroatoms. The highest BCUT2D eigenvalue weighted by atomic mass is 32.1. The van der Waals surface area contributed by atoms with Gasteiger partial charge >= 0.3 is 0 Å². The molecule has 3 heterocycles. The van der Waals surface area contributed by atoms with Crippen molar-refractivity contribution in [2.75, 3.05) is 5.73 Å². The fourth-order valence-corrected chi connectivity index (χ4v) is 2.76. The predicted octanol–water partition coefficient (Wildman–Crippen LogP) is 2.40. The lowest BCUT2D eigenvalue weighted by Gasteiger charge is -1.83. The van der Waals surface area contributed by atoms with Crippen LogP contribution in [0.15, 0.2) is 23.7 Å². The minimum absolute atomic E-state index is 0.567. The van der Waals surface area contributed by atoms with Crippen molar-refractivity contribution in [2.24, 2.45) is 0 Å². The van der Waals surface area contributed by atoms with Crippen molar-refractivity contribution in [3.63, 3.8) is 0 Å². The summed E-state index contributed by atoms with van der Waals surface area (Å²) in [6, 6.07) is 3.82. The molecule has 4 nitrogen and oxygen atoms in total. The van der Waals surface area contributed by atoms with E-state index in [-0.39, 0.29) is 0 Å². The summed E-state index contributed by atoms with van der Waals surface area (Å²) >= 11 is 2.95. The molecule has 3 aromatic rings. The van der Waals surface area contributed by atoms with Crippen LogP contribution in [-0.2, 0) is 0 Å². The van der Waals surface area contributed by atoms with E-state index in [2.05, 4.69) is 15.0 Å². The Morgan fingerprint density at radius 2 is 2.20 bits per heavy atom. The highest BCUT2D eigenvalue weighted by Gasteiger charge is 2.09. The zero-order valence-electron chi connectivity index (χ0n) is 7.54. The molecule has 0 unspecified atom stereocenters. The van der Waals surface area contributed by atoms with Gasteiger partial charge in [0.1, 0.15) is 21.0 Å². The van der Waals surface area contributed by atoms with Gasteiger partial charge in [0.05, 0.1) is 0 Å². The number of aromatic nitrogens is 3. The molecule has 3 aromatic heterocycles. The van der Waals surface area contributed by atoms with Crippen molar-refractivity contribution in [1.29, 1.82) is 0 Å². The number of nitrogens with zero attached hydrogens (tertiary/aromatic N) is 3. The van der Waals surface area contributed by atoms with E-state index in [1.807, 2.05) is 17.5 Å². The highest BCUT2D eigenvalue weighted by Crippen LogP contribution is 2.29. The van der Waals surface area contributed by atoms with Gasteiger partial charge in [-0.25, -0.2) is 15.0 Å². The maximum Gasteiger partial charge on any atom is 0.180 e. The van der Waals surface area contributed by atoms with E-state index in [1.54, 1.807) is 6.20 Å². The van der Waals surface area contributed by atoms with Gasteiger partial charge in [0.25, 0.3) is 0 Å². The van der Waals surface area contributed by atoms with Crippen LogP contribution in [0.1, 0.15) is 0 Å². The third-order valence-electron chi connectivity index (χ3n) is 1.91. The van der Waals surface area contributed by atoms with E-state index in [0.717, 1.165) is 21.0 Å². The first-order chi connectivity index (χ1) is 7.33. The van der Waals surface area contributed by atoms with Crippen molar-refractivity contribution in [3.05, 3.63) is 23.7 Å². The van der Waals surface area contributed by atoms with Crippen molar-refractivity contribution in [3.8, 4) is 10.7 Å². The molecule has 0 aliphatic carbocycles. The van der Waals surface area contributed by atoms with Crippen LogP contribution in [-0.4, -0.2) is 15.0 Å². The minimum Gasteiger partial charge on any atom is -0.375 e. The van der Waals surface area contributed by atoms with Crippen molar-refractivity contribution in [2.45, 2.75) is 0 Å². The fourth-order valence-electron chi connectivity index (χ4n) is 1.27. The summed E-state index contributed by atoms with van der Waals surface area (Å²) in [5.41, 5.74) is 7.32. The first-order valence-corrected chi connectivity index (χ1v) is 5.95. The van der Waals surface area contributed by atoms with E-state index in [9.17, 15) is 0 Å². The Hall–Kier alpha value is -1.53. The summed E-state index contributed by atoms with van der Waals surface area (Å²) in [7, 11) is 0. The Labute approximate surface area is 93.4 Å². The van der Waals surface area contributed by atoms with Crippen LogP contribution in [0.2, 0.25) is 0 Å². The SMILES string of the molecule is Nc1nc(-c2nc3cccnc3s2)cs1. The van der Waals surface area contributed by atoms with Crippen LogP contribution < -0.4 is 5.73 Å². The molecular formula is C9H6N4S2. The largest absolute Gasteiger partial charge is 0.375 e. The molecule has 0 saturated heterocycles. The molecule has 15 heavy (non-hydrogen) atoms. The van der Waals surface area contributed by atoms with Crippen LogP contribution in [0.4, 0.5) is 5.13 Å². The molecule has 0 aromatic carbocycles. The molecule has 0 bridgehead atoms. The Morgan fingerprint density at radius 1 is 1.27 bits per heavy atom. The Balaban J connectivity index is 2.19. The zero-order valence-corrected chi connectivity index (χ0v) is 9.18. The second-order valence-electron chi connectivity index (χ2n) is 2.92. The quantitative estimate of drug-likeness (QED) is 0.702. The summed E-state index contributed by atoms with van der Waals surface area (Å²) in [4.78, 5) is 13.8. The smallest absolute Gasteiger partial charge is 0.180 e. The van der Waals surface area contributed by atoms with E-state index >= 15 is 0 Å². The third kappa shape index (κ3) is 1.47. The van der Waals surface area contributed by atoms with Crippen LogP contribution in [0.3, 0.4) is 0 Å². The zero-order chi connectivity index (χ0) is 10.3. The molecule has 0 saturated carbocycles. The average molecular weight is 234 g/mol. The monoisotopic (exact) mass is 234 g/mol. The molecule has 0 aliphatic rings. The molecule has 0 radical (unpaired) electrons. The summed E-state index contributed by atoms with van der Waals surface area (Å²) in [6.45, 7) is 0. The van der Waals surface area contributed by atoms with Crippen molar-refractivity contribution in [1.82, 2.24) is 15.0 Å². The van der Waals surface area contributed by atoms with E-state index < -0.39 is 0 Å². The van der Waals surface area contributed by atoms with Crippen LogP contribution in [0.25, 0.3) is 21.0 Å². The predicted molar refractivity (Wildman–Crippen MR) is 62.9 cm³/mol. The number of anilines is 1. The molecule has 0 aliphatic heterocycles. The van der Waals surface area contributed by atoms with Gasteiger partial charge in [-0.15, -0.1) is 11.3 Å². The second-order valence-corrected chi connectivity index (χ2v) is 4.78. The molecule has 0 amide bonds. The Bertz CT molecular complexity index is 580. The average Bonchev–Trinajstić information content (AvgIpc) is 2.82. The number of fused-ring (bicyclic) bond motifs is 1. The van der Waals surface area contributed by atoms with Crippen molar-refractivity contribution >= 4 is 38.2 Å². The maximum absolute atomic E-state index is 5.58. The summed E-state index contributed by atoms with van der Waals surface area (Å²) in [5.74, 6) is 0. The first-order valence-electron chi connectivity index (χ1n) is 4.26. The second kappa shape index (κ2) is 3.25. The van der Waals surface area contributed by atoms with E-state index in [4.69, 9.17) is 5.73 Å². The van der Waals surface area contributed by atoms with Gasteiger partial charge in [-0.05, 0) is 12.1 Å². The van der Waals surface area contributed by atoms with Gasteiger partial charge in [0, 0.05) is 11.6 Å². The molecule has 0 fully saturated rings. The van der Waals surface area contributed by atoms with Gasteiger partial charge in [-0.3, -0.25) is 0 Å². The standard InChI is InChI=1S/C9H6N4S2/c10-9-13-6(4-14-9)8-12-5-2-1-3-11-7(5)15-8/h1-4H,(H2,10,13). The van der Waals surface area contributed by atoms with Gasteiger partial charge < -0.3 is 5.73 Å². The number of nitrogens with two attached hydrogens (primary N) is 1. The lowest BCUT2D eigenvalue weighted by Crippen LogP contribution is -1.81. The number of thiazole rings is 2. The molecule has 0 atom stereocenters.